The van der Waals surface area contributed by atoms with Crippen LogP contribution in [0.3, 0.4) is 0 Å². The molecule has 162 valence electrons. The Hall–Kier alpha value is -3.68. The number of fused-ring (bicyclic) bond motifs is 1. The van der Waals surface area contributed by atoms with Gasteiger partial charge in [0.15, 0.2) is 11.6 Å². The van der Waals surface area contributed by atoms with Crippen molar-refractivity contribution in [3.63, 3.8) is 0 Å². The Bertz CT molecular complexity index is 1230. The predicted molar refractivity (Wildman–Crippen MR) is 113 cm³/mol. The maximum absolute atomic E-state index is 13.8. The van der Waals surface area contributed by atoms with Gasteiger partial charge in [-0.05, 0) is 56.0 Å². The Morgan fingerprint density at radius 2 is 1.84 bits per heavy atom. The second-order valence-corrected chi connectivity index (χ2v) is 8.24. The van der Waals surface area contributed by atoms with Crippen molar-refractivity contribution in [2.24, 2.45) is 0 Å². The van der Waals surface area contributed by atoms with Crippen molar-refractivity contribution in [3.05, 3.63) is 71.1 Å². The summed E-state index contributed by atoms with van der Waals surface area (Å²) in [5, 5.41) is 2.35. The number of ether oxygens (including phenoxy) is 1. The second kappa shape index (κ2) is 7.47. The number of carbonyl (C=O) groups excluding carboxylic acids is 2. The van der Waals surface area contributed by atoms with Crippen LogP contribution in [0, 0.1) is 18.6 Å². The number of nitrogens with one attached hydrogen (secondary N) is 1. The van der Waals surface area contributed by atoms with Crippen LogP contribution in [0.5, 0.6) is 5.75 Å². The van der Waals surface area contributed by atoms with E-state index in [0.717, 1.165) is 42.5 Å². The Kier molecular flexibility index (Phi) is 4.73. The second-order valence-electron chi connectivity index (χ2n) is 8.24. The number of aryl methyl sites for hydroxylation is 1. The Balaban J connectivity index is 1.40. The van der Waals surface area contributed by atoms with Gasteiger partial charge >= 0.3 is 0 Å². The van der Waals surface area contributed by atoms with E-state index in [1.807, 2.05) is 6.92 Å². The molecule has 0 radical (unpaired) electrons. The number of hydrogen-bond donors (Lipinski definition) is 1. The van der Waals surface area contributed by atoms with Crippen LogP contribution < -0.4 is 10.1 Å². The average Bonchev–Trinajstić information content (AvgIpc) is 2.73. The maximum Gasteiger partial charge on any atom is 0.262 e. The summed E-state index contributed by atoms with van der Waals surface area (Å²) in [6.07, 6.45) is 5.97. The van der Waals surface area contributed by atoms with Gasteiger partial charge in [-0.3, -0.25) is 14.6 Å². The van der Waals surface area contributed by atoms with Crippen LogP contribution in [-0.4, -0.2) is 27.3 Å². The normalized spacial score (nSPS) is 16.2. The van der Waals surface area contributed by atoms with Crippen LogP contribution in [0.2, 0.25) is 0 Å². The molecule has 0 unspecified atom stereocenters. The van der Waals surface area contributed by atoms with Crippen molar-refractivity contribution in [1.29, 1.82) is 0 Å². The summed E-state index contributed by atoms with van der Waals surface area (Å²) in [5.74, 6) is -2.19. The van der Waals surface area contributed by atoms with Gasteiger partial charge in [-0.2, -0.15) is 0 Å². The van der Waals surface area contributed by atoms with Gasteiger partial charge in [0.2, 0.25) is 0 Å². The number of ketones is 1. The lowest BCUT2D eigenvalue weighted by Crippen LogP contribution is -2.47. The molecule has 1 aliphatic heterocycles. The van der Waals surface area contributed by atoms with Crippen molar-refractivity contribution in [2.75, 3.05) is 5.32 Å². The molecule has 1 spiro atoms. The fraction of sp³-hybridized carbons (Fsp3) is 0.250. The summed E-state index contributed by atoms with van der Waals surface area (Å²) in [4.78, 5) is 33.3. The van der Waals surface area contributed by atoms with Crippen molar-refractivity contribution < 1.29 is 23.1 Å². The molecule has 1 aliphatic carbocycles. The SMILES string of the molecule is Cc1cc2c(cc1-c1cnc(NC(=O)c3c(F)cccc3F)cn1)OC1(CCC1)CC2=O. The standard InChI is InChI=1S/C24H19F2N3O3/c1-13-8-15-19(30)10-24(6-3-7-24)32-20(15)9-14(13)18-11-28-21(12-27-18)29-23(31)22-16(25)4-2-5-17(22)26/h2,4-5,8-9,11-12H,3,6-7,10H2,1H3,(H,28,29,31). The molecular formula is C24H19F2N3O3. The largest absolute Gasteiger partial charge is 0.486 e. The van der Waals surface area contributed by atoms with Crippen LogP contribution in [0.25, 0.3) is 11.3 Å². The summed E-state index contributed by atoms with van der Waals surface area (Å²) >= 11 is 0. The first-order valence-electron chi connectivity index (χ1n) is 10.3. The van der Waals surface area contributed by atoms with Gasteiger partial charge in [0.05, 0.1) is 30.1 Å². The van der Waals surface area contributed by atoms with E-state index in [1.165, 1.54) is 18.5 Å². The average molecular weight is 435 g/mol. The number of hydrogen-bond acceptors (Lipinski definition) is 5. The molecular weight excluding hydrogens is 416 g/mol. The summed E-state index contributed by atoms with van der Waals surface area (Å²) in [7, 11) is 0. The van der Waals surface area contributed by atoms with Crippen molar-refractivity contribution in [3.8, 4) is 17.0 Å². The minimum absolute atomic E-state index is 0.0527. The highest BCUT2D eigenvalue weighted by Crippen LogP contribution is 2.46. The third-order valence-electron chi connectivity index (χ3n) is 6.06. The van der Waals surface area contributed by atoms with Crippen LogP contribution >= 0.6 is 0 Å². The molecule has 0 bridgehead atoms. The molecule has 1 N–H and O–H groups in total. The van der Waals surface area contributed by atoms with Crippen LogP contribution in [0.1, 0.15) is 52.0 Å². The smallest absolute Gasteiger partial charge is 0.262 e. The summed E-state index contributed by atoms with van der Waals surface area (Å²) in [6.45, 7) is 1.87. The van der Waals surface area contributed by atoms with Crippen LogP contribution in [-0.2, 0) is 0 Å². The van der Waals surface area contributed by atoms with Crippen molar-refractivity contribution >= 4 is 17.5 Å². The zero-order chi connectivity index (χ0) is 22.5. The van der Waals surface area contributed by atoms with E-state index in [1.54, 1.807) is 12.1 Å². The summed E-state index contributed by atoms with van der Waals surface area (Å²) in [5.41, 5.74) is 1.62. The minimum atomic E-state index is -0.962. The Labute approximate surface area is 182 Å². The number of halogens is 2. The van der Waals surface area contributed by atoms with E-state index in [2.05, 4.69) is 15.3 Å². The van der Waals surface area contributed by atoms with Gasteiger partial charge in [-0.1, -0.05) is 6.07 Å². The molecule has 6 nitrogen and oxygen atoms in total. The lowest BCUT2D eigenvalue weighted by Gasteiger charge is -2.44. The molecule has 1 saturated carbocycles. The molecule has 0 saturated heterocycles. The fourth-order valence-electron chi connectivity index (χ4n) is 4.20. The van der Waals surface area contributed by atoms with Gasteiger partial charge in [-0.15, -0.1) is 0 Å². The molecule has 3 aromatic rings. The summed E-state index contributed by atoms with van der Waals surface area (Å²) in [6, 6.07) is 6.80. The zero-order valence-electron chi connectivity index (χ0n) is 17.2. The third kappa shape index (κ3) is 3.41. The number of aromatic nitrogens is 2. The number of anilines is 1. The lowest BCUT2D eigenvalue weighted by molar-refractivity contribution is -0.0177. The Morgan fingerprint density at radius 3 is 2.47 bits per heavy atom. The maximum atomic E-state index is 13.8. The number of rotatable bonds is 3. The molecule has 2 heterocycles. The highest BCUT2D eigenvalue weighted by molar-refractivity contribution is 6.04. The number of benzene rings is 2. The van der Waals surface area contributed by atoms with Crippen molar-refractivity contribution in [1.82, 2.24) is 9.97 Å². The van der Waals surface area contributed by atoms with Gasteiger partial charge in [0, 0.05) is 5.56 Å². The number of amides is 1. The first-order valence-corrected chi connectivity index (χ1v) is 10.3. The third-order valence-corrected chi connectivity index (χ3v) is 6.06. The molecule has 0 atom stereocenters. The lowest BCUT2D eigenvalue weighted by atomic mass is 9.74. The first-order chi connectivity index (χ1) is 15.3. The monoisotopic (exact) mass is 435 g/mol. The molecule has 32 heavy (non-hydrogen) atoms. The molecule has 5 rings (SSSR count). The molecule has 1 amide bonds. The van der Waals surface area contributed by atoms with Gasteiger partial charge in [0.1, 0.15) is 28.5 Å². The van der Waals surface area contributed by atoms with E-state index in [-0.39, 0.29) is 17.2 Å². The quantitative estimate of drug-likeness (QED) is 0.635. The first kappa shape index (κ1) is 20.2. The highest BCUT2D eigenvalue weighted by Gasteiger charge is 2.45. The van der Waals surface area contributed by atoms with E-state index < -0.39 is 23.1 Å². The Morgan fingerprint density at radius 1 is 1.09 bits per heavy atom. The molecule has 8 heteroatoms. The molecule has 1 aromatic heterocycles. The van der Waals surface area contributed by atoms with Crippen LogP contribution in [0.4, 0.5) is 14.6 Å². The fourth-order valence-corrected chi connectivity index (χ4v) is 4.20. The van der Waals surface area contributed by atoms with Gasteiger partial charge in [0.25, 0.3) is 5.91 Å². The van der Waals surface area contributed by atoms with E-state index in [9.17, 15) is 18.4 Å². The highest BCUT2D eigenvalue weighted by atomic mass is 19.1. The number of carbonyl (C=O) groups is 2. The number of nitrogens with zero attached hydrogens (tertiary/aromatic N) is 2. The van der Waals surface area contributed by atoms with Gasteiger partial charge in [-0.25, -0.2) is 13.8 Å². The minimum Gasteiger partial charge on any atom is -0.486 e. The number of Topliss-reactive ketones (excluding diaryl/α,β-unsaturated/α-hetero) is 1. The predicted octanol–water partition coefficient (Wildman–Crippen LogP) is 4.87. The topological polar surface area (TPSA) is 81.2 Å². The van der Waals surface area contributed by atoms with Crippen molar-refractivity contribution in [2.45, 2.75) is 38.2 Å². The van der Waals surface area contributed by atoms with Gasteiger partial charge < -0.3 is 10.1 Å². The zero-order valence-corrected chi connectivity index (χ0v) is 17.2. The van der Waals surface area contributed by atoms with E-state index in [0.29, 0.717) is 23.4 Å². The van der Waals surface area contributed by atoms with E-state index in [4.69, 9.17) is 4.74 Å². The van der Waals surface area contributed by atoms with Crippen LogP contribution in [0.15, 0.2) is 42.7 Å². The molecule has 1 fully saturated rings. The summed E-state index contributed by atoms with van der Waals surface area (Å²) < 4.78 is 33.8. The van der Waals surface area contributed by atoms with E-state index >= 15 is 0 Å². The molecule has 2 aliphatic rings. The molecule has 2 aromatic carbocycles.